The number of hydrogen-bond donors (Lipinski definition) is 0. The fourth-order valence-corrected chi connectivity index (χ4v) is 15.0. The molecule has 0 atom stereocenters. The second-order valence-corrected chi connectivity index (χ2v) is 26.3. The highest BCUT2D eigenvalue weighted by molar-refractivity contribution is 7.00. The van der Waals surface area contributed by atoms with Gasteiger partial charge < -0.3 is 18.9 Å². The monoisotopic (exact) mass is 1100 g/mol. The third-order valence-electron chi connectivity index (χ3n) is 19.2. The Morgan fingerprint density at radius 1 is 0.341 bits per heavy atom. The van der Waals surface area contributed by atoms with Crippen molar-refractivity contribution in [3.8, 4) is 33.6 Å². The lowest BCUT2D eigenvalue weighted by Gasteiger charge is -2.45. The summed E-state index contributed by atoms with van der Waals surface area (Å²) in [5, 5.41) is 5.04. The summed E-state index contributed by atoms with van der Waals surface area (Å²) in [6.07, 6.45) is 6.12. The smallest absolute Gasteiger partial charge is 0.252 e. The molecule has 0 spiro atoms. The average molecular weight is 1100 g/mol. The summed E-state index contributed by atoms with van der Waals surface area (Å²) in [5.41, 5.74) is 27.2. The van der Waals surface area contributed by atoms with E-state index in [9.17, 15) is 0 Å². The van der Waals surface area contributed by atoms with Crippen LogP contribution in [0.4, 0.5) is 34.1 Å². The molecule has 0 bridgehead atoms. The van der Waals surface area contributed by atoms with Crippen LogP contribution in [0.2, 0.25) is 0 Å². The molecule has 13 aromatic rings. The predicted octanol–water partition coefficient (Wildman–Crippen LogP) is 19.9. The van der Waals surface area contributed by atoms with Gasteiger partial charge >= 0.3 is 0 Å². The number of rotatable bonds is 7. The number of benzene rings is 11. The summed E-state index contributed by atoms with van der Waals surface area (Å²) in [7, 11) is 0. The van der Waals surface area contributed by atoms with Gasteiger partial charge in [0.2, 0.25) is 0 Å². The molecule has 11 aromatic carbocycles. The van der Waals surface area contributed by atoms with Gasteiger partial charge in [-0.2, -0.15) is 0 Å². The van der Waals surface area contributed by atoms with E-state index in [2.05, 4.69) is 303 Å². The predicted molar refractivity (Wildman–Crippen MR) is 363 cm³/mol. The van der Waals surface area contributed by atoms with Crippen LogP contribution in [0.1, 0.15) is 96.3 Å². The molecule has 1 saturated carbocycles. The molecule has 0 saturated heterocycles. The number of para-hydroxylation sites is 6. The Labute approximate surface area is 500 Å². The lowest BCUT2D eigenvalue weighted by molar-refractivity contribution is 0.444. The molecule has 0 amide bonds. The molecule has 16 rings (SSSR count). The largest absolute Gasteiger partial charge is 0.311 e. The molecule has 3 aliphatic rings. The normalized spacial score (nSPS) is 14.4. The maximum atomic E-state index is 2.69. The summed E-state index contributed by atoms with van der Waals surface area (Å²) in [4.78, 5) is 5.38. The lowest BCUT2D eigenvalue weighted by atomic mass is 9.33. The maximum Gasteiger partial charge on any atom is 0.252 e. The van der Waals surface area contributed by atoms with Gasteiger partial charge in [0.1, 0.15) is 0 Å². The number of anilines is 6. The summed E-state index contributed by atoms with van der Waals surface area (Å²) in [6.45, 7) is 13.7. The van der Waals surface area contributed by atoms with Crippen LogP contribution < -0.4 is 26.2 Å². The molecule has 412 valence electrons. The van der Waals surface area contributed by atoms with Gasteiger partial charge in [0.15, 0.2) is 0 Å². The summed E-state index contributed by atoms with van der Waals surface area (Å²) in [6, 6.07) is 93.0. The van der Waals surface area contributed by atoms with E-state index in [0.717, 1.165) is 11.4 Å². The average Bonchev–Trinajstić information content (AvgIpc) is 1.37. The molecular formula is C80H69BN4. The van der Waals surface area contributed by atoms with Crippen molar-refractivity contribution in [1.82, 2.24) is 9.13 Å². The molecule has 2 aromatic heterocycles. The Morgan fingerprint density at radius 2 is 0.706 bits per heavy atom. The Hall–Kier alpha value is -9.32. The number of aromatic nitrogens is 2. The van der Waals surface area contributed by atoms with E-state index in [1.165, 1.54) is 165 Å². The van der Waals surface area contributed by atoms with E-state index in [-0.39, 0.29) is 17.5 Å². The number of fused-ring (bicyclic) bond motifs is 10. The van der Waals surface area contributed by atoms with Crippen molar-refractivity contribution in [3.05, 3.63) is 259 Å². The second kappa shape index (κ2) is 19.6. The molecule has 4 heterocycles. The van der Waals surface area contributed by atoms with Gasteiger partial charge in [0, 0.05) is 66.8 Å². The summed E-state index contributed by atoms with van der Waals surface area (Å²) < 4.78 is 5.00. The van der Waals surface area contributed by atoms with Gasteiger partial charge in [-0.15, -0.1) is 0 Å². The van der Waals surface area contributed by atoms with Crippen LogP contribution in [0, 0.1) is 0 Å². The van der Waals surface area contributed by atoms with Gasteiger partial charge in [0.25, 0.3) is 6.71 Å². The Morgan fingerprint density at radius 3 is 1.09 bits per heavy atom. The molecule has 1 fully saturated rings. The third-order valence-corrected chi connectivity index (χ3v) is 19.2. The first-order valence-corrected chi connectivity index (χ1v) is 30.9. The first-order valence-electron chi connectivity index (χ1n) is 30.9. The second-order valence-electron chi connectivity index (χ2n) is 26.3. The van der Waals surface area contributed by atoms with Crippen molar-refractivity contribution < 1.29 is 0 Å². The molecular weight excluding hydrogens is 1030 g/mol. The van der Waals surface area contributed by atoms with Crippen LogP contribution in [-0.4, -0.2) is 15.8 Å². The highest BCUT2D eigenvalue weighted by Gasteiger charge is 2.45. The Balaban J connectivity index is 1.02. The van der Waals surface area contributed by atoms with Crippen LogP contribution in [0.5, 0.6) is 0 Å². The van der Waals surface area contributed by atoms with E-state index in [1.807, 2.05) is 0 Å². The van der Waals surface area contributed by atoms with Crippen molar-refractivity contribution in [2.45, 2.75) is 90.4 Å². The van der Waals surface area contributed by atoms with Crippen molar-refractivity contribution in [1.29, 1.82) is 0 Å². The zero-order valence-corrected chi connectivity index (χ0v) is 49.6. The van der Waals surface area contributed by atoms with Crippen molar-refractivity contribution in [3.63, 3.8) is 0 Å². The SMILES string of the molecule is CC(C)(C)c1ccc(-c2ccccc2N2c3cc(-n4c5ccccc5c5ccccc54)ccc3B3c4ccc(-n5c6ccccc6c6ccccc65)cc4N(c4ccccc4-c4ccc(C(C)(C)C)cc4)c4cc(C5CCCCC5)cc2c43)cc1. The molecule has 1 aliphatic carbocycles. The number of hydrogen-bond acceptors (Lipinski definition) is 2. The van der Waals surface area contributed by atoms with E-state index >= 15 is 0 Å². The fourth-order valence-electron chi connectivity index (χ4n) is 15.0. The highest BCUT2D eigenvalue weighted by Crippen LogP contribution is 2.51. The topological polar surface area (TPSA) is 16.3 Å². The highest BCUT2D eigenvalue weighted by atomic mass is 15.2. The first-order chi connectivity index (χ1) is 41.5. The number of nitrogens with zero attached hydrogens (tertiary/aromatic N) is 4. The van der Waals surface area contributed by atoms with Gasteiger partial charge in [-0.3, -0.25) is 0 Å². The minimum atomic E-state index is -0.0984. The van der Waals surface area contributed by atoms with Crippen molar-refractivity contribution in [2.75, 3.05) is 9.80 Å². The standard InChI is InChI=1S/C80H69BN4/c1-79(2,3)56-40-36-53(37-41-56)60-24-10-16-30-68(60)84-74-50-58(82-70-32-18-12-26-62(70)63-27-13-19-33-71(63)82)44-46-66(74)81-67-47-45-59(83-72-34-20-14-28-64(72)65-29-15-21-35-73(65)83)51-75(67)85(77-49-55(48-76(84)78(77)81)52-22-8-7-9-23-52)69-31-17-11-25-61(69)54-38-42-57(43-39-54)80(4,5)6/h10-21,24-52H,7-9,22-23H2,1-6H3. The fraction of sp³-hybridized carbons (Fsp3) is 0.175. The maximum absolute atomic E-state index is 2.69. The van der Waals surface area contributed by atoms with E-state index < -0.39 is 0 Å². The molecule has 2 aliphatic heterocycles. The zero-order chi connectivity index (χ0) is 57.3. The third kappa shape index (κ3) is 8.25. The Kier molecular flexibility index (Phi) is 11.9. The van der Waals surface area contributed by atoms with Crippen LogP contribution in [0.15, 0.2) is 243 Å². The lowest BCUT2D eigenvalue weighted by Crippen LogP contribution is -2.61. The molecule has 0 radical (unpaired) electrons. The van der Waals surface area contributed by atoms with E-state index in [4.69, 9.17) is 0 Å². The molecule has 0 N–H and O–H groups in total. The zero-order valence-electron chi connectivity index (χ0n) is 49.6. The van der Waals surface area contributed by atoms with Crippen molar-refractivity contribution >= 4 is 101 Å². The van der Waals surface area contributed by atoms with E-state index in [0.29, 0.717) is 5.92 Å². The van der Waals surface area contributed by atoms with E-state index in [1.54, 1.807) is 0 Å². The van der Waals surface area contributed by atoms with Crippen LogP contribution >= 0.6 is 0 Å². The molecule has 85 heavy (non-hydrogen) atoms. The molecule has 5 heteroatoms. The minimum absolute atomic E-state index is 0.0293. The summed E-state index contributed by atoms with van der Waals surface area (Å²) in [5.74, 6) is 0.425. The van der Waals surface area contributed by atoms with Gasteiger partial charge in [-0.05, 0) is 147 Å². The van der Waals surface area contributed by atoms with Gasteiger partial charge in [-0.1, -0.05) is 231 Å². The van der Waals surface area contributed by atoms with Gasteiger partial charge in [0.05, 0.1) is 33.4 Å². The summed E-state index contributed by atoms with van der Waals surface area (Å²) >= 11 is 0. The van der Waals surface area contributed by atoms with Gasteiger partial charge in [-0.25, -0.2) is 0 Å². The first kappa shape index (κ1) is 51.3. The van der Waals surface area contributed by atoms with Crippen LogP contribution in [0.3, 0.4) is 0 Å². The van der Waals surface area contributed by atoms with Crippen molar-refractivity contribution in [2.24, 2.45) is 0 Å². The van der Waals surface area contributed by atoms with Crippen LogP contribution in [0.25, 0.3) is 77.2 Å². The Bertz CT molecular complexity index is 4390. The molecule has 0 unspecified atom stereocenters. The van der Waals surface area contributed by atoms with Crippen LogP contribution in [-0.2, 0) is 10.8 Å². The quantitative estimate of drug-likeness (QED) is 0.148. The molecule has 4 nitrogen and oxygen atoms in total. The minimum Gasteiger partial charge on any atom is -0.311 e.